The number of ether oxygens (including phenoxy) is 2. The zero-order chi connectivity index (χ0) is 28.1. The molecule has 1 atom stereocenters. The standard InChI is InChI=1S/C28H39N3O6S/c1-20-9-7-10-22(17-20)19-30(21(2)27(33)29-28(3,4)5)26(32)11-8-14-31(38(6,34)35)23-12-13-24-25(18-23)37-16-15-36-24/h7,9-10,12-13,17-18,21H,8,11,14-16,19H2,1-6H3,(H,29,33)/t21-/m0/s1. The lowest BCUT2D eigenvalue weighted by Gasteiger charge is -2.32. The Morgan fingerprint density at radius 1 is 1.05 bits per heavy atom. The number of fused-ring (bicyclic) bond motifs is 1. The zero-order valence-electron chi connectivity index (χ0n) is 23.1. The molecule has 10 heteroatoms. The number of anilines is 1. The Labute approximate surface area is 226 Å². The maximum Gasteiger partial charge on any atom is 0.242 e. The molecule has 2 aromatic carbocycles. The van der Waals surface area contributed by atoms with Gasteiger partial charge in [0.1, 0.15) is 19.3 Å². The largest absolute Gasteiger partial charge is 0.486 e. The average molecular weight is 546 g/mol. The molecule has 0 aliphatic carbocycles. The normalized spacial score (nSPS) is 13.9. The molecule has 0 saturated carbocycles. The van der Waals surface area contributed by atoms with Gasteiger partial charge in [0.2, 0.25) is 21.8 Å². The lowest BCUT2D eigenvalue weighted by molar-refractivity contribution is -0.141. The lowest BCUT2D eigenvalue weighted by atomic mass is 10.1. The maximum atomic E-state index is 13.4. The van der Waals surface area contributed by atoms with Gasteiger partial charge in [-0.1, -0.05) is 29.8 Å². The van der Waals surface area contributed by atoms with Crippen LogP contribution in [-0.2, 0) is 26.2 Å². The predicted octanol–water partition coefficient (Wildman–Crippen LogP) is 3.64. The highest BCUT2D eigenvalue weighted by Gasteiger charge is 2.29. The SMILES string of the molecule is Cc1cccc(CN(C(=O)CCCN(c2ccc3c(c2)OCCO3)S(C)(=O)=O)[C@@H](C)C(=O)NC(C)(C)C)c1. The molecule has 2 aromatic rings. The highest BCUT2D eigenvalue weighted by Crippen LogP contribution is 2.34. The van der Waals surface area contributed by atoms with Gasteiger partial charge in [-0.25, -0.2) is 8.42 Å². The summed E-state index contributed by atoms with van der Waals surface area (Å²) in [4.78, 5) is 28.0. The third-order valence-corrected chi connectivity index (χ3v) is 7.26. The fraction of sp³-hybridized carbons (Fsp3) is 0.500. The van der Waals surface area contributed by atoms with E-state index in [1.54, 1.807) is 30.0 Å². The summed E-state index contributed by atoms with van der Waals surface area (Å²) in [5.74, 6) is 0.589. The topological polar surface area (TPSA) is 105 Å². The summed E-state index contributed by atoms with van der Waals surface area (Å²) < 4.78 is 37.6. The van der Waals surface area contributed by atoms with Crippen molar-refractivity contribution in [1.29, 1.82) is 0 Å². The van der Waals surface area contributed by atoms with Gasteiger partial charge >= 0.3 is 0 Å². The van der Waals surface area contributed by atoms with Gasteiger partial charge < -0.3 is 19.7 Å². The molecule has 0 fully saturated rings. The Morgan fingerprint density at radius 2 is 1.74 bits per heavy atom. The van der Waals surface area contributed by atoms with Crippen LogP contribution >= 0.6 is 0 Å². The predicted molar refractivity (Wildman–Crippen MR) is 148 cm³/mol. The van der Waals surface area contributed by atoms with Crippen LogP contribution in [0, 0.1) is 6.92 Å². The second kappa shape index (κ2) is 12.1. The maximum absolute atomic E-state index is 13.4. The van der Waals surface area contributed by atoms with E-state index in [-0.39, 0.29) is 37.7 Å². The van der Waals surface area contributed by atoms with Crippen LogP contribution < -0.4 is 19.1 Å². The van der Waals surface area contributed by atoms with E-state index in [0.29, 0.717) is 30.4 Å². The molecule has 0 spiro atoms. The molecule has 1 aliphatic heterocycles. The monoisotopic (exact) mass is 545 g/mol. The highest BCUT2D eigenvalue weighted by atomic mass is 32.2. The van der Waals surface area contributed by atoms with E-state index in [2.05, 4.69) is 5.32 Å². The molecule has 9 nitrogen and oxygen atoms in total. The first-order valence-electron chi connectivity index (χ1n) is 12.8. The summed E-state index contributed by atoms with van der Waals surface area (Å²) >= 11 is 0. The third kappa shape index (κ3) is 8.11. The first-order chi connectivity index (χ1) is 17.7. The number of amides is 2. The van der Waals surface area contributed by atoms with Crippen molar-refractivity contribution in [3.8, 4) is 11.5 Å². The molecule has 208 valence electrons. The van der Waals surface area contributed by atoms with E-state index in [0.717, 1.165) is 17.4 Å². The van der Waals surface area contributed by atoms with E-state index in [1.165, 1.54) is 4.31 Å². The van der Waals surface area contributed by atoms with Crippen molar-refractivity contribution in [1.82, 2.24) is 10.2 Å². The molecule has 0 radical (unpaired) electrons. The van der Waals surface area contributed by atoms with Gasteiger partial charge in [-0.15, -0.1) is 0 Å². The Bertz CT molecular complexity index is 1260. The number of sulfonamides is 1. The molecular weight excluding hydrogens is 506 g/mol. The average Bonchev–Trinajstić information content (AvgIpc) is 2.82. The van der Waals surface area contributed by atoms with Crippen molar-refractivity contribution in [2.75, 3.05) is 30.3 Å². The van der Waals surface area contributed by atoms with Crippen molar-refractivity contribution >= 4 is 27.5 Å². The van der Waals surface area contributed by atoms with Crippen LogP contribution in [0.2, 0.25) is 0 Å². The van der Waals surface area contributed by atoms with E-state index < -0.39 is 21.6 Å². The van der Waals surface area contributed by atoms with Crippen LogP contribution in [0.4, 0.5) is 5.69 Å². The number of rotatable bonds is 10. The smallest absolute Gasteiger partial charge is 0.242 e. The first-order valence-corrected chi connectivity index (χ1v) is 14.6. The summed E-state index contributed by atoms with van der Waals surface area (Å²) in [5.41, 5.74) is 1.98. The fourth-order valence-corrected chi connectivity index (χ4v) is 5.21. The summed E-state index contributed by atoms with van der Waals surface area (Å²) in [5, 5.41) is 2.95. The summed E-state index contributed by atoms with van der Waals surface area (Å²) in [7, 11) is -3.62. The zero-order valence-corrected chi connectivity index (χ0v) is 23.9. The second-order valence-corrected chi connectivity index (χ2v) is 12.6. The van der Waals surface area contributed by atoms with Crippen molar-refractivity contribution in [2.24, 2.45) is 0 Å². The summed E-state index contributed by atoms with van der Waals surface area (Å²) in [6, 6.07) is 12.1. The number of aryl methyl sites for hydroxylation is 1. The quantitative estimate of drug-likeness (QED) is 0.489. The van der Waals surface area contributed by atoms with Crippen molar-refractivity contribution in [3.05, 3.63) is 53.6 Å². The molecular formula is C28H39N3O6S. The first kappa shape index (κ1) is 29.3. The van der Waals surface area contributed by atoms with Crippen LogP contribution in [0.5, 0.6) is 11.5 Å². The van der Waals surface area contributed by atoms with Crippen LogP contribution in [0.25, 0.3) is 0 Å². The van der Waals surface area contributed by atoms with E-state index in [1.807, 2.05) is 52.0 Å². The molecule has 3 rings (SSSR count). The second-order valence-electron chi connectivity index (χ2n) is 10.7. The number of hydrogen-bond donors (Lipinski definition) is 1. The minimum Gasteiger partial charge on any atom is -0.486 e. The van der Waals surface area contributed by atoms with Gasteiger partial charge in [-0.05, 0) is 58.7 Å². The van der Waals surface area contributed by atoms with E-state index in [4.69, 9.17) is 9.47 Å². The van der Waals surface area contributed by atoms with Gasteiger partial charge in [0, 0.05) is 31.1 Å². The molecule has 0 saturated heterocycles. The summed E-state index contributed by atoms with van der Waals surface area (Å²) in [6.45, 7) is 10.6. The van der Waals surface area contributed by atoms with E-state index in [9.17, 15) is 18.0 Å². The van der Waals surface area contributed by atoms with Gasteiger partial charge in [0.05, 0.1) is 11.9 Å². The van der Waals surface area contributed by atoms with Gasteiger partial charge in [-0.2, -0.15) is 0 Å². The third-order valence-electron chi connectivity index (χ3n) is 6.07. The van der Waals surface area contributed by atoms with Gasteiger partial charge in [0.15, 0.2) is 11.5 Å². The molecule has 1 heterocycles. The molecule has 2 amide bonds. The summed E-state index contributed by atoms with van der Waals surface area (Å²) in [6.07, 6.45) is 1.49. The molecule has 0 aromatic heterocycles. The molecule has 1 N–H and O–H groups in total. The highest BCUT2D eigenvalue weighted by molar-refractivity contribution is 7.92. The van der Waals surface area contributed by atoms with Crippen LogP contribution in [0.1, 0.15) is 51.7 Å². The van der Waals surface area contributed by atoms with Crippen molar-refractivity contribution in [2.45, 2.75) is 65.6 Å². The van der Waals surface area contributed by atoms with E-state index >= 15 is 0 Å². The number of nitrogens with zero attached hydrogens (tertiary/aromatic N) is 2. The van der Waals surface area contributed by atoms with Crippen LogP contribution in [0.15, 0.2) is 42.5 Å². The number of carbonyl (C=O) groups is 2. The minimum absolute atomic E-state index is 0.0789. The molecule has 0 unspecified atom stereocenters. The van der Waals surface area contributed by atoms with Crippen molar-refractivity contribution in [3.63, 3.8) is 0 Å². The Kier molecular flexibility index (Phi) is 9.30. The number of hydrogen-bond acceptors (Lipinski definition) is 6. The minimum atomic E-state index is -3.62. The Morgan fingerprint density at radius 3 is 2.37 bits per heavy atom. The fourth-order valence-electron chi connectivity index (χ4n) is 4.25. The number of benzene rings is 2. The molecule has 1 aliphatic rings. The lowest BCUT2D eigenvalue weighted by Crippen LogP contribution is -2.52. The van der Waals surface area contributed by atoms with Crippen LogP contribution in [0.3, 0.4) is 0 Å². The van der Waals surface area contributed by atoms with Crippen molar-refractivity contribution < 1.29 is 27.5 Å². The van der Waals surface area contributed by atoms with Gasteiger partial charge in [0.25, 0.3) is 0 Å². The van der Waals surface area contributed by atoms with Crippen LogP contribution in [-0.4, -0.2) is 62.7 Å². The Balaban J connectivity index is 1.75. The van der Waals surface area contributed by atoms with Gasteiger partial charge in [-0.3, -0.25) is 13.9 Å². The molecule has 38 heavy (non-hydrogen) atoms. The Hall–Kier alpha value is -3.27. The molecule has 0 bridgehead atoms. The number of carbonyl (C=O) groups excluding carboxylic acids is 2. The number of nitrogens with one attached hydrogen (secondary N) is 1.